The number of ketones is 1. The SMILES string of the molecule is CCOc1ccc(/C(O)=C2\C(=O)C(=O)N(Cc3ccccn3)C2c2ccccc2C)cc1C(C)(C)C. The van der Waals surface area contributed by atoms with E-state index in [1.807, 2.05) is 62.4 Å². The summed E-state index contributed by atoms with van der Waals surface area (Å²) in [7, 11) is 0. The van der Waals surface area contributed by atoms with E-state index in [0.29, 0.717) is 17.9 Å². The van der Waals surface area contributed by atoms with E-state index in [2.05, 4.69) is 25.8 Å². The number of hydrogen-bond donors (Lipinski definition) is 1. The number of aryl methyl sites for hydroxylation is 1. The van der Waals surface area contributed by atoms with Crippen LogP contribution in [0.15, 0.2) is 72.4 Å². The monoisotopic (exact) mass is 484 g/mol. The molecule has 1 amide bonds. The van der Waals surface area contributed by atoms with Gasteiger partial charge in [0.2, 0.25) is 0 Å². The number of likely N-dealkylation sites (tertiary alicyclic amines) is 1. The van der Waals surface area contributed by atoms with Gasteiger partial charge in [0.05, 0.1) is 30.5 Å². The highest BCUT2D eigenvalue weighted by atomic mass is 16.5. The molecule has 1 unspecified atom stereocenters. The van der Waals surface area contributed by atoms with E-state index >= 15 is 0 Å². The molecule has 36 heavy (non-hydrogen) atoms. The van der Waals surface area contributed by atoms with E-state index < -0.39 is 17.7 Å². The highest BCUT2D eigenvalue weighted by molar-refractivity contribution is 6.46. The molecule has 6 heteroatoms. The molecule has 0 saturated carbocycles. The standard InChI is InChI=1S/C30H32N2O4/c1-6-36-24-15-14-20(17-23(24)30(3,4)5)27(33)25-26(22-13-8-7-11-19(22)2)32(29(35)28(25)34)18-21-12-9-10-16-31-21/h7-17,26,33H,6,18H2,1-5H3/b27-25+. The normalized spacial score (nSPS) is 17.5. The van der Waals surface area contributed by atoms with Gasteiger partial charge in [0.1, 0.15) is 11.5 Å². The molecule has 186 valence electrons. The van der Waals surface area contributed by atoms with Gasteiger partial charge < -0.3 is 14.7 Å². The third-order valence-electron chi connectivity index (χ3n) is 6.44. The first-order chi connectivity index (χ1) is 17.1. The van der Waals surface area contributed by atoms with Gasteiger partial charge in [-0.25, -0.2) is 0 Å². The van der Waals surface area contributed by atoms with Crippen LogP contribution in [0.5, 0.6) is 5.75 Å². The van der Waals surface area contributed by atoms with Crippen molar-refractivity contribution in [1.82, 2.24) is 9.88 Å². The number of pyridine rings is 1. The molecule has 1 aliphatic heterocycles. The number of carbonyl (C=O) groups is 2. The summed E-state index contributed by atoms with van der Waals surface area (Å²) in [5.41, 5.74) is 3.56. The van der Waals surface area contributed by atoms with Crippen molar-refractivity contribution >= 4 is 17.4 Å². The number of aromatic nitrogens is 1. The van der Waals surface area contributed by atoms with Gasteiger partial charge in [0.25, 0.3) is 11.7 Å². The number of hydrogen-bond acceptors (Lipinski definition) is 5. The molecule has 1 aliphatic rings. The molecule has 1 fully saturated rings. The summed E-state index contributed by atoms with van der Waals surface area (Å²) in [6, 6.07) is 17.7. The Labute approximate surface area is 212 Å². The van der Waals surface area contributed by atoms with Gasteiger partial charge >= 0.3 is 0 Å². The Hall–Kier alpha value is -3.93. The Kier molecular flexibility index (Phi) is 6.97. The molecule has 0 spiro atoms. The number of carbonyl (C=O) groups excluding carboxylic acids is 2. The second-order valence-corrected chi connectivity index (χ2v) is 10.00. The number of aliphatic hydroxyl groups is 1. The molecule has 2 aromatic carbocycles. The van der Waals surface area contributed by atoms with Gasteiger partial charge in [-0.1, -0.05) is 51.1 Å². The van der Waals surface area contributed by atoms with E-state index in [1.54, 1.807) is 18.3 Å². The summed E-state index contributed by atoms with van der Waals surface area (Å²) in [5, 5.41) is 11.5. The number of rotatable bonds is 6. The van der Waals surface area contributed by atoms with Crippen LogP contribution in [-0.4, -0.2) is 33.3 Å². The molecule has 1 aromatic heterocycles. The topological polar surface area (TPSA) is 79.7 Å². The lowest BCUT2D eigenvalue weighted by Crippen LogP contribution is -2.29. The van der Waals surface area contributed by atoms with Crippen molar-refractivity contribution in [3.8, 4) is 5.75 Å². The van der Waals surface area contributed by atoms with Crippen molar-refractivity contribution in [3.05, 3.63) is 100 Å². The average molecular weight is 485 g/mol. The van der Waals surface area contributed by atoms with Crippen LogP contribution >= 0.6 is 0 Å². The van der Waals surface area contributed by atoms with Crippen LogP contribution in [0.1, 0.15) is 61.7 Å². The first-order valence-corrected chi connectivity index (χ1v) is 12.1. The van der Waals surface area contributed by atoms with Crippen molar-refractivity contribution in [2.24, 2.45) is 0 Å². The number of Topliss-reactive ketones (excluding diaryl/α,β-unsaturated/α-hetero) is 1. The van der Waals surface area contributed by atoms with Crippen LogP contribution in [0.2, 0.25) is 0 Å². The zero-order valence-corrected chi connectivity index (χ0v) is 21.4. The Morgan fingerprint density at radius 3 is 2.42 bits per heavy atom. The third kappa shape index (κ3) is 4.76. The maximum atomic E-state index is 13.4. The quantitative estimate of drug-likeness (QED) is 0.275. The number of ether oxygens (including phenoxy) is 1. The Bertz CT molecular complexity index is 1320. The number of amides is 1. The first-order valence-electron chi connectivity index (χ1n) is 12.1. The lowest BCUT2D eigenvalue weighted by Gasteiger charge is -2.27. The molecule has 2 heterocycles. The number of aliphatic hydroxyl groups excluding tert-OH is 1. The van der Waals surface area contributed by atoms with Crippen molar-refractivity contribution in [2.75, 3.05) is 6.61 Å². The maximum Gasteiger partial charge on any atom is 0.296 e. The molecule has 3 aromatic rings. The Morgan fingerprint density at radius 1 is 1.06 bits per heavy atom. The predicted octanol–water partition coefficient (Wildman–Crippen LogP) is 5.71. The predicted molar refractivity (Wildman–Crippen MR) is 140 cm³/mol. The van der Waals surface area contributed by atoms with Crippen LogP contribution in [0.3, 0.4) is 0 Å². The van der Waals surface area contributed by atoms with Gasteiger partial charge in [0.15, 0.2) is 0 Å². The molecule has 0 bridgehead atoms. The summed E-state index contributed by atoms with van der Waals surface area (Å²) in [6.07, 6.45) is 1.66. The molecule has 4 rings (SSSR count). The fourth-order valence-corrected chi connectivity index (χ4v) is 4.63. The average Bonchev–Trinajstić information content (AvgIpc) is 3.09. The zero-order valence-electron chi connectivity index (χ0n) is 21.4. The minimum absolute atomic E-state index is 0.0780. The zero-order chi connectivity index (χ0) is 26.0. The van der Waals surface area contributed by atoms with Crippen LogP contribution < -0.4 is 4.74 Å². The highest BCUT2D eigenvalue weighted by Crippen LogP contribution is 2.42. The number of nitrogens with zero attached hydrogens (tertiary/aromatic N) is 2. The Morgan fingerprint density at radius 2 is 1.78 bits per heavy atom. The number of benzene rings is 2. The fraction of sp³-hybridized carbons (Fsp3) is 0.300. The smallest absolute Gasteiger partial charge is 0.296 e. The highest BCUT2D eigenvalue weighted by Gasteiger charge is 2.46. The van der Waals surface area contributed by atoms with Gasteiger partial charge in [-0.3, -0.25) is 14.6 Å². The fourth-order valence-electron chi connectivity index (χ4n) is 4.63. The Balaban J connectivity index is 1.90. The molecule has 0 radical (unpaired) electrons. The first kappa shape index (κ1) is 25.2. The van der Waals surface area contributed by atoms with E-state index in [1.165, 1.54) is 4.90 Å². The van der Waals surface area contributed by atoms with Crippen molar-refractivity contribution in [1.29, 1.82) is 0 Å². The van der Waals surface area contributed by atoms with Crippen molar-refractivity contribution < 1.29 is 19.4 Å². The van der Waals surface area contributed by atoms with Crippen LogP contribution in [-0.2, 0) is 21.5 Å². The van der Waals surface area contributed by atoms with Crippen LogP contribution in [0.4, 0.5) is 0 Å². The van der Waals surface area contributed by atoms with Gasteiger partial charge in [-0.15, -0.1) is 0 Å². The summed E-state index contributed by atoms with van der Waals surface area (Å²) in [5.74, 6) is -0.827. The largest absolute Gasteiger partial charge is 0.507 e. The molecule has 1 atom stereocenters. The minimum Gasteiger partial charge on any atom is -0.507 e. The minimum atomic E-state index is -0.738. The summed E-state index contributed by atoms with van der Waals surface area (Å²) < 4.78 is 5.82. The maximum absolute atomic E-state index is 13.4. The van der Waals surface area contributed by atoms with Crippen LogP contribution in [0.25, 0.3) is 5.76 Å². The van der Waals surface area contributed by atoms with Crippen molar-refractivity contribution in [2.45, 2.75) is 52.6 Å². The van der Waals surface area contributed by atoms with E-state index in [4.69, 9.17) is 4.74 Å². The van der Waals surface area contributed by atoms with E-state index in [-0.39, 0.29) is 23.3 Å². The lowest BCUT2D eigenvalue weighted by molar-refractivity contribution is -0.140. The lowest BCUT2D eigenvalue weighted by atomic mass is 9.84. The summed E-state index contributed by atoms with van der Waals surface area (Å²) in [4.78, 5) is 32.6. The third-order valence-corrected chi connectivity index (χ3v) is 6.44. The second kappa shape index (κ2) is 9.97. The van der Waals surface area contributed by atoms with Gasteiger partial charge in [-0.2, -0.15) is 0 Å². The molecule has 0 aliphatic carbocycles. The van der Waals surface area contributed by atoms with Crippen molar-refractivity contribution in [3.63, 3.8) is 0 Å². The molecule has 6 nitrogen and oxygen atoms in total. The molecule has 1 saturated heterocycles. The van der Waals surface area contributed by atoms with E-state index in [9.17, 15) is 14.7 Å². The molecular weight excluding hydrogens is 452 g/mol. The molecular formula is C30H32N2O4. The van der Waals surface area contributed by atoms with Crippen LogP contribution in [0, 0.1) is 6.92 Å². The summed E-state index contributed by atoms with van der Waals surface area (Å²) >= 11 is 0. The second-order valence-electron chi connectivity index (χ2n) is 10.00. The summed E-state index contributed by atoms with van der Waals surface area (Å²) in [6.45, 7) is 10.7. The van der Waals surface area contributed by atoms with Gasteiger partial charge in [0, 0.05) is 17.3 Å². The van der Waals surface area contributed by atoms with E-state index in [0.717, 1.165) is 22.4 Å². The van der Waals surface area contributed by atoms with Gasteiger partial charge in [-0.05, 0) is 60.7 Å². The molecule has 1 N–H and O–H groups in total.